The number of carbonyl (C=O) groups excluding carboxylic acids is 1. The highest BCUT2D eigenvalue weighted by Gasteiger charge is 2.71. The van der Waals surface area contributed by atoms with E-state index in [1.54, 1.807) is 0 Å². The number of halogens is 5. The van der Waals surface area contributed by atoms with Gasteiger partial charge in [-0.15, -0.1) is 11.6 Å². The Morgan fingerprint density at radius 2 is 1.78 bits per heavy atom. The van der Waals surface area contributed by atoms with E-state index in [0.29, 0.717) is 12.8 Å². The molecule has 0 aromatic heterocycles. The van der Waals surface area contributed by atoms with Crippen LogP contribution in [0.5, 0.6) is 0 Å². The van der Waals surface area contributed by atoms with E-state index in [4.69, 9.17) is 11.6 Å². The molecule has 0 N–H and O–H groups in total. The molecule has 23 heavy (non-hydrogen) atoms. The molecule has 126 valence electrons. The van der Waals surface area contributed by atoms with Gasteiger partial charge in [-0.1, -0.05) is 6.07 Å². The second-order valence-corrected chi connectivity index (χ2v) is 6.60. The van der Waals surface area contributed by atoms with Gasteiger partial charge in [-0.2, -0.15) is 0 Å². The first kappa shape index (κ1) is 16.6. The van der Waals surface area contributed by atoms with Crippen molar-refractivity contribution < 1.29 is 22.4 Å². The van der Waals surface area contributed by atoms with E-state index in [1.807, 2.05) is 0 Å². The van der Waals surface area contributed by atoms with Crippen molar-refractivity contribution >= 4 is 17.5 Å². The molecule has 2 nitrogen and oxygen atoms in total. The Hall–Kier alpha value is -1.30. The normalized spacial score (nSPS) is 27.6. The summed E-state index contributed by atoms with van der Waals surface area (Å²) in [6.07, 6.45) is 0.674. The van der Waals surface area contributed by atoms with Gasteiger partial charge in [-0.25, -0.2) is 17.6 Å². The van der Waals surface area contributed by atoms with Crippen LogP contribution >= 0.6 is 11.6 Å². The lowest BCUT2D eigenvalue weighted by Gasteiger charge is -2.26. The summed E-state index contributed by atoms with van der Waals surface area (Å²) in [6.45, 7) is -0.0469. The minimum absolute atomic E-state index is 0.0772. The van der Waals surface area contributed by atoms with Gasteiger partial charge in [-0.05, 0) is 30.9 Å². The van der Waals surface area contributed by atoms with E-state index in [-0.39, 0.29) is 30.5 Å². The zero-order chi connectivity index (χ0) is 16.8. The number of amides is 1. The zero-order valence-corrected chi connectivity index (χ0v) is 13.0. The first-order valence-electron chi connectivity index (χ1n) is 7.49. The van der Waals surface area contributed by atoms with Crippen molar-refractivity contribution in [2.75, 3.05) is 12.4 Å². The van der Waals surface area contributed by atoms with E-state index >= 15 is 0 Å². The van der Waals surface area contributed by atoms with Crippen LogP contribution in [0.15, 0.2) is 18.2 Å². The predicted octanol–water partition coefficient (Wildman–Crippen LogP) is 3.82. The van der Waals surface area contributed by atoms with Crippen LogP contribution in [0.3, 0.4) is 0 Å². The van der Waals surface area contributed by atoms with Gasteiger partial charge in [0.05, 0.1) is 6.54 Å². The molecule has 1 aromatic rings. The Kier molecular flexibility index (Phi) is 4.29. The van der Waals surface area contributed by atoms with Crippen molar-refractivity contribution in [2.45, 2.75) is 25.3 Å². The van der Waals surface area contributed by atoms with Crippen molar-refractivity contribution in [1.82, 2.24) is 4.90 Å². The molecule has 1 amide bonds. The van der Waals surface area contributed by atoms with Crippen molar-refractivity contribution in [1.29, 1.82) is 0 Å². The van der Waals surface area contributed by atoms with Crippen LogP contribution in [0.1, 0.15) is 18.4 Å². The fourth-order valence-corrected chi connectivity index (χ4v) is 3.76. The number of hydrogen-bond donors (Lipinski definition) is 0. The second kappa shape index (κ2) is 5.96. The van der Waals surface area contributed by atoms with Gasteiger partial charge in [0.25, 0.3) is 5.92 Å². The Labute approximate surface area is 136 Å². The average molecular weight is 350 g/mol. The van der Waals surface area contributed by atoms with E-state index < -0.39 is 35.3 Å². The lowest BCUT2D eigenvalue weighted by atomic mass is 10.0. The molecule has 0 aliphatic heterocycles. The Morgan fingerprint density at radius 1 is 1.22 bits per heavy atom. The molecule has 0 bridgehead atoms. The van der Waals surface area contributed by atoms with Gasteiger partial charge >= 0.3 is 0 Å². The highest BCUT2D eigenvalue weighted by Crippen LogP contribution is 2.65. The van der Waals surface area contributed by atoms with E-state index in [1.165, 1.54) is 11.0 Å². The maximum absolute atomic E-state index is 13.8. The molecule has 2 atom stereocenters. The number of fused-ring (bicyclic) bond motifs is 1. The molecule has 2 aliphatic carbocycles. The predicted molar refractivity (Wildman–Crippen MR) is 77.1 cm³/mol. The molecule has 2 aliphatic rings. The number of hydrogen-bond acceptors (Lipinski definition) is 1. The highest BCUT2D eigenvalue weighted by molar-refractivity contribution is 6.27. The van der Waals surface area contributed by atoms with Crippen LogP contribution < -0.4 is 0 Å². The first-order valence-corrected chi connectivity index (χ1v) is 8.02. The zero-order valence-electron chi connectivity index (χ0n) is 12.2. The van der Waals surface area contributed by atoms with Crippen LogP contribution in [0.4, 0.5) is 17.6 Å². The second-order valence-electron chi connectivity index (χ2n) is 6.33. The fourth-order valence-electron chi connectivity index (χ4n) is 3.59. The SMILES string of the molecule is O=C(CCl)N(Cc1c(F)cccc1F)CC1CC2C(C1)C2(F)F. The summed E-state index contributed by atoms with van der Waals surface area (Å²) in [5, 5.41) is 0. The molecule has 7 heteroatoms. The minimum Gasteiger partial charge on any atom is -0.337 e. The van der Waals surface area contributed by atoms with Gasteiger partial charge in [0.15, 0.2) is 0 Å². The van der Waals surface area contributed by atoms with Gasteiger partial charge in [-0.3, -0.25) is 4.79 Å². The van der Waals surface area contributed by atoms with Crippen LogP contribution in [0.2, 0.25) is 0 Å². The third-order valence-electron chi connectivity index (χ3n) is 4.90. The molecular formula is C16H16ClF4NO. The third-order valence-corrected chi connectivity index (χ3v) is 5.12. The number of alkyl halides is 3. The maximum Gasteiger partial charge on any atom is 0.254 e. The monoisotopic (exact) mass is 349 g/mol. The molecule has 0 heterocycles. The van der Waals surface area contributed by atoms with Gasteiger partial charge < -0.3 is 4.90 Å². The molecule has 0 radical (unpaired) electrons. The maximum atomic E-state index is 13.8. The molecule has 2 saturated carbocycles. The van der Waals surface area contributed by atoms with Crippen LogP contribution in [0, 0.1) is 29.4 Å². The lowest BCUT2D eigenvalue weighted by Crippen LogP contribution is -2.36. The first-order chi connectivity index (χ1) is 10.8. The summed E-state index contributed by atoms with van der Waals surface area (Å²) < 4.78 is 54.0. The standard InChI is InChI=1S/C16H16ClF4NO/c17-6-15(23)22(8-10-13(18)2-1-3-14(10)19)7-9-4-11-12(5-9)16(11,20)21/h1-3,9,11-12H,4-8H2. The quantitative estimate of drug-likeness (QED) is 0.584. The minimum atomic E-state index is -2.57. The molecule has 0 saturated heterocycles. The van der Waals surface area contributed by atoms with Crippen LogP contribution in [-0.4, -0.2) is 29.2 Å². The third kappa shape index (κ3) is 3.05. The summed E-state index contributed by atoms with van der Waals surface area (Å²) in [4.78, 5) is 13.2. The summed E-state index contributed by atoms with van der Waals surface area (Å²) in [6, 6.07) is 3.48. The summed E-state index contributed by atoms with van der Waals surface area (Å²) >= 11 is 5.56. The molecule has 2 unspecified atom stereocenters. The topological polar surface area (TPSA) is 20.3 Å². The van der Waals surface area contributed by atoms with E-state index in [9.17, 15) is 22.4 Å². The molecule has 0 spiro atoms. The molecular weight excluding hydrogens is 334 g/mol. The van der Waals surface area contributed by atoms with E-state index in [2.05, 4.69) is 0 Å². The molecule has 2 fully saturated rings. The fraction of sp³-hybridized carbons (Fsp3) is 0.562. The Balaban J connectivity index is 1.69. The molecule has 3 rings (SSSR count). The van der Waals surface area contributed by atoms with Crippen LogP contribution in [-0.2, 0) is 11.3 Å². The van der Waals surface area contributed by atoms with Gasteiger partial charge in [0.1, 0.15) is 17.5 Å². The Bertz CT molecular complexity index is 590. The summed E-state index contributed by atoms with van der Waals surface area (Å²) in [5.74, 6) is -6.11. The number of benzene rings is 1. The smallest absolute Gasteiger partial charge is 0.254 e. The summed E-state index contributed by atoms with van der Waals surface area (Å²) in [5.41, 5.74) is -0.209. The number of rotatable bonds is 5. The van der Waals surface area contributed by atoms with Crippen molar-refractivity contribution in [3.8, 4) is 0 Å². The average Bonchev–Trinajstić information content (AvgIpc) is 2.88. The number of carbonyl (C=O) groups is 1. The number of nitrogens with zero attached hydrogens (tertiary/aromatic N) is 1. The highest BCUT2D eigenvalue weighted by atomic mass is 35.5. The van der Waals surface area contributed by atoms with Gasteiger partial charge in [0, 0.05) is 23.9 Å². The van der Waals surface area contributed by atoms with E-state index in [0.717, 1.165) is 12.1 Å². The van der Waals surface area contributed by atoms with Crippen molar-refractivity contribution in [3.05, 3.63) is 35.4 Å². The largest absolute Gasteiger partial charge is 0.337 e. The molecule has 1 aromatic carbocycles. The van der Waals surface area contributed by atoms with Gasteiger partial charge in [0.2, 0.25) is 5.91 Å². The van der Waals surface area contributed by atoms with Crippen molar-refractivity contribution in [3.63, 3.8) is 0 Å². The van der Waals surface area contributed by atoms with Crippen LogP contribution in [0.25, 0.3) is 0 Å². The Morgan fingerprint density at radius 3 is 2.30 bits per heavy atom. The lowest BCUT2D eigenvalue weighted by molar-refractivity contribution is -0.129. The van der Waals surface area contributed by atoms with Crippen molar-refractivity contribution in [2.24, 2.45) is 17.8 Å². The summed E-state index contributed by atoms with van der Waals surface area (Å²) in [7, 11) is 0.